The van der Waals surface area contributed by atoms with E-state index in [4.69, 9.17) is 5.73 Å². The molecule has 0 aromatic carbocycles. The summed E-state index contributed by atoms with van der Waals surface area (Å²) in [5.41, 5.74) is 6.39. The van der Waals surface area contributed by atoms with E-state index < -0.39 is 5.54 Å². The van der Waals surface area contributed by atoms with Crippen molar-refractivity contribution >= 4 is 5.78 Å². The quantitative estimate of drug-likeness (QED) is 0.811. The van der Waals surface area contributed by atoms with Gasteiger partial charge in [0.25, 0.3) is 0 Å². The largest absolute Gasteiger partial charge is 0.319 e. The fourth-order valence-electron chi connectivity index (χ4n) is 1.96. The van der Waals surface area contributed by atoms with Crippen molar-refractivity contribution in [2.45, 2.75) is 45.2 Å². The second kappa shape index (κ2) is 4.01. The Kier molecular flexibility index (Phi) is 2.84. The lowest BCUT2D eigenvalue weighted by atomic mass is 9.89. The number of nitrogens with two attached hydrogens (primary N) is 1. The van der Waals surface area contributed by atoms with Gasteiger partial charge in [-0.05, 0) is 38.2 Å². The van der Waals surface area contributed by atoms with Crippen LogP contribution in [-0.4, -0.2) is 21.1 Å². The fourth-order valence-corrected chi connectivity index (χ4v) is 1.96. The van der Waals surface area contributed by atoms with Crippen LogP contribution in [0.25, 0.3) is 0 Å². The molecule has 2 rings (SSSR count). The first-order chi connectivity index (χ1) is 7.54. The molecular weight excluding hydrogens is 202 g/mol. The third-order valence-corrected chi connectivity index (χ3v) is 3.40. The first-order valence-corrected chi connectivity index (χ1v) is 5.87. The summed E-state index contributed by atoms with van der Waals surface area (Å²) in [7, 11) is 0. The Labute approximate surface area is 95.8 Å². The van der Waals surface area contributed by atoms with Crippen LogP contribution in [-0.2, 0) is 17.8 Å². The van der Waals surface area contributed by atoms with E-state index in [-0.39, 0.29) is 5.78 Å². The molecule has 1 aromatic heterocycles. The fraction of sp³-hybridized carbons (Fsp3) is 0.667. The highest BCUT2D eigenvalue weighted by Crippen LogP contribution is 2.38. The molecule has 0 aliphatic heterocycles. The first kappa shape index (κ1) is 11.3. The van der Waals surface area contributed by atoms with Gasteiger partial charge in [0, 0.05) is 19.2 Å². The van der Waals surface area contributed by atoms with E-state index >= 15 is 0 Å². The highest BCUT2D eigenvalue weighted by atomic mass is 16.1. The molecule has 1 aromatic rings. The summed E-state index contributed by atoms with van der Waals surface area (Å²) in [6.45, 7) is 4.71. The number of aromatic nitrogens is 2. The molecule has 1 heterocycles. The van der Waals surface area contributed by atoms with E-state index in [0.717, 1.165) is 24.9 Å². The number of Topliss-reactive ketones (excluding diaryl/α,β-unsaturated/α-hetero) is 1. The number of carbonyl (C=O) groups is 1. The van der Waals surface area contributed by atoms with Crippen molar-refractivity contribution < 1.29 is 4.79 Å². The first-order valence-electron chi connectivity index (χ1n) is 5.87. The van der Waals surface area contributed by atoms with Gasteiger partial charge in [0.15, 0.2) is 5.78 Å². The van der Waals surface area contributed by atoms with Crippen molar-refractivity contribution in [3.63, 3.8) is 0 Å². The van der Waals surface area contributed by atoms with Gasteiger partial charge in [-0.25, -0.2) is 0 Å². The predicted molar refractivity (Wildman–Crippen MR) is 61.9 cm³/mol. The summed E-state index contributed by atoms with van der Waals surface area (Å²) in [4.78, 5) is 12.1. The van der Waals surface area contributed by atoms with Crippen molar-refractivity contribution in [2.24, 2.45) is 11.7 Å². The molecule has 1 atom stereocenters. The number of carbonyl (C=O) groups excluding carboxylic acids is 1. The van der Waals surface area contributed by atoms with Gasteiger partial charge < -0.3 is 5.73 Å². The van der Waals surface area contributed by atoms with Crippen LogP contribution in [0.1, 0.15) is 32.3 Å². The van der Waals surface area contributed by atoms with Gasteiger partial charge in [-0.3, -0.25) is 9.48 Å². The molecule has 2 N–H and O–H groups in total. The third-order valence-electron chi connectivity index (χ3n) is 3.40. The number of hydrogen-bond acceptors (Lipinski definition) is 3. The molecule has 4 nitrogen and oxygen atoms in total. The molecule has 0 amide bonds. The van der Waals surface area contributed by atoms with Crippen molar-refractivity contribution in [3.05, 3.63) is 18.0 Å². The SMILES string of the molecule is CCn1cc(CC(=O)C(C)(N)C2CC2)cn1. The monoisotopic (exact) mass is 221 g/mol. The van der Waals surface area contributed by atoms with Crippen LogP contribution >= 0.6 is 0 Å². The number of nitrogens with zero attached hydrogens (tertiary/aromatic N) is 2. The summed E-state index contributed by atoms with van der Waals surface area (Å²) in [6.07, 6.45) is 6.26. The van der Waals surface area contributed by atoms with Gasteiger partial charge in [0.2, 0.25) is 0 Å². The van der Waals surface area contributed by atoms with Crippen molar-refractivity contribution in [1.29, 1.82) is 0 Å². The van der Waals surface area contributed by atoms with Crippen LogP contribution in [0, 0.1) is 5.92 Å². The molecule has 16 heavy (non-hydrogen) atoms. The normalized spacial score (nSPS) is 19.4. The average molecular weight is 221 g/mol. The molecule has 0 radical (unpaired) electrons. The summed E-state index contributed by atoms with van der Waals surface area (Å²) >= 11 is 0. The van der Waals surface area contributed by atoms with Crippen LogP contribution in [0.5, 0.6) is 0 Å². The van der Waals surface area contributed by atoms with E-state index in [1.807, 2.05) is 24.7 Å². The minimum atomic E-state index is -0.645. The van der Waals surface area contributed by atoms with Gasteiger partial charge in [0.1, 0.15) is 0 Å². The van der Waals surface area contributed by atoms with Gasteiger partial charge in [0.05, 0.1) is 11.7 Å². The molecule has 0 spiro atoms. The molecule has 0 saturated heterocycles. The minimum absolute atomic E-state index is 0.130. The molecular formula is C12H19N3O. The maximum atomic E-state index is 12.1. The Morgan fingerprint density at radius 3 is 2.88 bits per heavy atom. The highest BCUT2D eigenvalue weighted by molar-refractivity contribution is 5.90. The molecule has 1 aliphatic carbocycles. The second-order valence-electron chi connectivity index (χ2n) is 4.86. The lowest BCUT2D eigenvalue weighted by Crippen LogP contribution is -2.47. The smallest absolute Gasteiger partial charge is 0.157 e. The lowest BCUT2D eigenvalue weighted by Gasteiger charge is -2.22. The van der Waals surface area contributed by atoms with E-state index in [1.165, 1.54) is 0 Å². The zero-order valence-electron chi connectivity index (χ0n) is 9.94. The Morgan fingerprint density at radius 2 is 2.38 bits per heavy atom. The van der Waals surface area contributed by atoms with Gasteiger partial charge in [-0.1, -0.05) is 0 Å². The number of ketones is 1. The Balaban J connectivity index is 2.01. The van der Waals surface area contributed by atoms with Crippen LogP contribution < -0.4 is 5.73 Å². The van der Waals surface area contributed by atoms with E-state index in [9.17, 15) is 4.79 Å². The summed E-state index contributed by atoms with van der Waals surface area (Å²) in [5.74, 6) is 0.520. The van der Waals surface area contributed by atoms with Crippen LogP contribution in [0.4, 0.5) is 0 Å². The van der Waals surface area contributed by atoms with Gasteiger partial charge in [-0.2, -0.15) is 5.10 Å². The standard InChI is InChI=1S/C12H19N3O/c1-3-15-8-9(7-14-15)6-11(16)12(2,13)10-4-5-10/h7-8,10H,3-6,13H2,1-2H3. The van der Waals surface area contributed by atoms with Gasteiger partial charge >= 0.3 is 0 Å². The summed E-state index contributed by atoms with van der Waals surface area (Å²) in [5, 5.41) is 4.15. The van der Waals surface area contributed by atoms with Crippen molar-refractivity contribution in [3.8, 4) is 0 Å². The van der Waals surface area contributed by atoms with E-state index in [1.54, 1.807) is 6.20 Å². The van der Waals surface area contributed by atoms with Gasteiger partial charge in [-0.15, -0.1) is 0 Å². The minimum Gasteiger partial charge on any atom is -0.319 e. The number of rotatable bonds is 5. The maximum Gasteiger partial charge on any atom is 0.157 e. The average Bonchev–Trinajstić information content (AvgIpc) is 3.01. The van der Waals surface area contributed by atoms with E-state index in [0.29, 0.717) is 12.3 Å². The van der Waals surface area contributed by atoms with Crippen molar-refractivity contribution in [2.75, 3.05) is 0 Å². The molecule has 4 heteroatoms. The molecule has 1 unspecified atom stereocenters. The highest BCUT2D eigenvalue weighted by Gasteiger charge is 2.43. The van der Waals surface area contributed by atoms with Crippen LogP contribution in [0.15, 0.2) is 12.4 Å². The van der Waals surface area contributed by atoms with Crippen molar-refractivity contribution in [1.82, 2.24) is 9.78 Å². The topological polar surface area (TPSA) is 60.9 Å². The van der Waals surface area contributed by atoms with Crippen LogP contribution in [0.2, 0.25) is 0 Å². The molecule has 1 fully saturated rings. The zero-order chi connectivity index (χ0) is 11.8. The maximum absolute atomic E-state index is 12.1. The lowest BCUT2D eigenvalue weighted by molar-refractivity contribution is -0.123. The molecule has 0 bridgehead atoms. The second-order valence-corrected chi connectivity index (χ2v) is 4.86. The van der Waals surface area contributed by atoms with Crippen LogP contribution in [0.3, 0.4) is 0 Å². The summed E-state index contributed by atoms with van der Waals surface area (Å²) < 4.78 is 1.83. The van der Waals surface area contributed by atoms with E-state index in [2.05, 4.69) is 5.10 Å². The Morgan fingerprint density at radius 1 is 1.69 bits per heavy atom. The predicted octanol–water partition coefficient (Wildman–Crippen LogP) is 1.14. The Bertz CT molecular complexity index is 391. The zero-order valence-corrected chi connectivity index (χ0v) is 9.94. The molecule has 88 valence electrons. The summed E-state index contributed by atoms with van der Waals surface area (Å²) in [6, 6.07) is 0. The molecule has 1 aliphatic rings. The number of hydrogen-bond donors (Lipinski definition) is 1. The third kappa shape index (κ3) is 2.16. The molecule has 1 saturated carbocycles. The Hall–Kier alpha value is -1.16. The number of aryl methyl sites for hydroxylation is 1.